The van der Waals surface area contributed by atoms with Crippen LogP contribution in [0.3, 0.4) is 0 Å². The molecule has 0 aliphatic heterocycles. The van der Waals surface area contributed by atoms with Crippen molar-refractivity contribution in [3.8, 4) is 5.75 Å². The van der Waals surface area contributed by atoms with Crippen LogP contribution < -0.4 is 4.74 Å². The van der Waals surface area contributed by atoms with Crippen molar-refractivity contribution in [3.63, 3.8) is 0 Å². The van der Waals surface area contributed by atoms with Crippen molar-refractivity contribution in [2.24, 2.45) is 17.3 Å². The van der Waals surface area contributed by atoms with E-state index in [1.165, 1.54) is 62.5 Å². The van der Waals surface area contributed by atoms with Gasteiger partial charge in [-0.15, -0.1) is 0 Å². The number of ketones is 1. The first-order chi connectivity index (χ1) is 19.0. The van der Waals surface area contributed by atoms with Crippen molar-refractivity contribution in [1.82, 2.24) is 0 Å². The fourth-order valence-corrected chi connectivity index (χ4v) is 7.68. The molecule has 214 valence electrons. The first kappa shape index (κ1) is 29.8. The van der Waals surface area contributed by atoms with E-state index in [-0.39, 0.29) is 11.4 Å². The van der Waals surface area contributed by atoms with Gasteiger partial charge in [0.25, 0.3) is 0 Å². The molecule has 0 bridgehead atoms. The minimum Gasteiger partial charge on any atom is -0.427 e. The Morgan fingerprint density at radius 3 is 2.41 bits per heavy atom. The van der Waals surface area contributed by atoms with Crippen LogP contribution in [0.15, 0.2) is 42.5 Å². The fraction of sp³-hybridized carbons (Fsp3) is 0.667. The SMILES string of the molecule is CCCCC/C=C/C=C\CCCCCCCCC(=O)Oc1ccc2c(c1)CC[C@@H]1[C@@H]2CC[C@]2(C)C(=O)CC[C@@H]12. The van der Waals surface area contributed by atoms with Crippen molar-refractivity contribution < 1.29 is 14.3 Å². The number of allylic oxidation sites excluding steroid dienone is 4. The lowest BCUT2D eigenvalue weighted by Crippen LogP contribution is -2.42. The number of fused-ring (bicyclic) bond motifs is 5. The molecule has 39 heavy (non-hydrogen) atoms. The number of carbonyl (C=O) groups is 2. The van der Waals surface area contributed by atoms with Crippen LogP contribution in [0.5, 0.6) is 5.75 Å². The van der Waals surface area contributed by atoms with Gasteiger partial charge in [-0.05, 0) is 105 Å². The van der Waals surface area contributed by atoms with Gasteiger partial charge in [0, 0.05) is 18.3 Å². The number of rotatable bonds is 15. The van der Waals surface area contributed by atoms with E-state index < -0.39 is 0 Å². The standard InChI is InChI=1S/C36H52O3/c1-3-4-5-6-7-8-9-10-11-12-13-14-15-16-17-18-35(38)39-29-20-22-30-28(27-29)19-21-32-31(30)25-26-36(2)33(32)23-24-34(36)37/h7-10,20,22,27,31-33H,3-6,11-19,21,23-26H2,1-2H3/b8-7+,10-9-/t31-,32-,33+,36+/m1/s1. The summed E-state index contributed by atoms with van der Waals surface area (Å²) in [7, 11) is 0. The van der Waals surface area contributed by atoms with Crippen LogP contribution in [-0.4, -0.2) is 11.8 Å². The number of benzene rings is 1. The van der Waals surface area contributed by atoms with Gasteiger partial charge in [0.05, 0.1) is 0 Å². The normalized spacial score (nSPS) is 26.1. The highest BCUT2D eigenvalue weighted by Gasteiger charge is 2.54. The molecule has 0 saturated heterocycles. The van der Waals surface area contributed by atoms with Crippen molar-refractivity contribution in [3.05, 3.63) is 53.6 Å². The zero-order valence-corrected chi connectivity index (χ0v) is 24.7. The molecule has 2 fully saturated rings. The number of unbranched alkanes of at least 4 members (excludes halogenated alkanes) is 9. The van der Waals surface area contributed by atoms with Gasteiger partial charge in [-0.1, -0.05) is 82.7 Å². The maximum atomic E-state index is 12.6. The minimum absolute atomic E-state index is 0.0732. The lowest BCUT2D eigenvalue weighted by atomic mass is 9.55. The third-order valence-electron chi connectivity index (χ3n) is 10.00. The summed E-state index contributed by atoms with van der Waals surface area (Å²) in [4.78, 5) is 25.0. The molecule has 1 aromatic rings. The highest BCUT2D eigenvalue weighted by atomic mass is 16.5. The third-order valence-corrected chi connectivity index (χ3v) is 10.00. The van der Waals surface area contributed by atoms with Gasteiger partial charge in [-0.3, -0.25) is 9.59 Å². The molecule has 1 aromatic carbocycles. The Hall–Kier alpha value is -2.16. The molecule has 0 amide bonds. The van der Waals surface area contributed by atoms with Gasteiger partial charge in [0.2, 0.25) is 0 Å². The summed E-state index contributed by atoms with van der Waals surface area (Å²) in [6.07, 6.45) is 28.9. The van der Waals surface area contributed by atoms with E-state index in [9.17, 15) is 9.59 Å². The number of esters is 1. The molecular weight excluding hydrogens is 480 g/mol. The molecule has 3 aliphatic carbocycles. The van der Waals surface area contributed by atoms with Crippen LogP contribution in [0.4, 0.5) is 0 Å². The Balaban J connectivity index is 1.09. The monoisotopic (exact) mass is 532 g/mol. The Morgan fingerprint density at radius 2 is 1.64 bits per heavy atom. The van der Waals surface area contributed by atoms with Crippen LogP contribution in [0.2, 0.25) is 0 Å². The predicted molar refractivity (Wildman–Crippen MR) is 161 cm³/mol. The summed E-state index contributed by atoms with van der Waals surface area (Å²) in [6, 6.07) is 6.34. The predicted octanol–water partition coefficient (Wildman–Crippen LogP) is 9.83. The van der Waals surface area contributed by atoms with E-state index in [1.807, 2.05) is 6.07 Å². The molecule has 0 unspecified atom stereocenters. The van der Waals surface area contributed by atoms with Gasteiger partial charge in [0.1, 0.15) is 11.5 Å². The first-order valence-electron chi connectivity index (χ1n) is 16.2. The molecule has 3 aliphatic rings. The summed E-state index contributed by atoms with van der Waals surface area (Å²) >= 11 is 0. The molecule has 0 spiro atoms. The Morgan fingerprint density at radius 1 is 0.923 bits per heavy atom. The Bertz CT molecular complexity index is 1000. The first-order valence-corrected chi connectivity index (χ1v) is 16.2. The van der Waals surface area contributed by atoms with Gasteiger partial charge in [-0.25, -0.2) is 0 Å². The number of ether oxygens (including phenoxy) is 1. The molecule has 3 nitrogen and oxygen atoms in total. The van der Waals surface area contributed by atoms with Gasteiger partial charge < -0.3 is 4.74 Å². The maximum absolute atomic E-state index is 12.6. The van der Waals surface area contributed by atoms with Gasteiger partial charge in [-0.2, -0.15) is 0 Å². The maximum Gasteiger partial charge on any atom is 0.311 e. The number of carbonyl (C=O) groups excluding carboxylic acids is 2. The van der Waals surface area contributed by atoms with E-state index in [2.05, 4.69) is 50.3 Å². The van der Waals surface area contributed by atoms with Crippen molar-refractivity contribution in [2.45, 2.75) is 135 Å². The second kappa shape index (κ2) is 15.0. The fourth-order valence-electron chi connectivity index (χ4n) is 7.68. The quantitative estimate of drug-likeness (QED) is 0.0977. The summed E-state index contributed by atoms with van der Waals surface area (Å²) < 4.78 is 5.74. The van der Waals surface area contributed by atoms with E-state index >= 15 is 0 Å². The van der Waals surface area contributed by atoms with E-state index in [4.69, 9.17) is 4.74 Å². The number of hydrogen-bond donors (Lipinski definition) is 0. The average molecular weight is 533 g/mol. The molecule has 2 saturated carbocycles. The third kappa shape index (κ3) is 7.95. The summed E-state index contributed by atoms with van der Waals surface area (Å²) in [5.41, 5.74) is 2.73. The van der Waals surface area contributed by atoms with Crippen molar-refractivity contribution in [1.29, 1.82) is 0 Å². The molecule has 0 heterocycles. The van der Waals surface area contributed by atoms with E-state index in [0.717, 1.165) is 57.8 Å². The zero-order chi connectivity index (χ0) is 27.5. The summed E-state index contributed by atoms with van der Waals surface area (Å²) in [5, 5.41) is 0. The van der Waals surface area contributed by atoms with Crippen LogP contribution in [0, 0.1) is 17.3 Å². The molecule has 4 atom stereocenters. The highest BCUT2D eigenvalue weighted by Crippen LogP contribution is 2.59. The summed E-state index contributed by atoms with van der Waals surface area (Å²) in [5.74, 6) is 2.86. The molecule has 3 heteroatoms. The lowest BCUT2D eigenvalue weighted by Gasteiger charge is -2.48. The smallest absolute Gasteiger partial charge is 0.311 e. The van der Waals surface area contributed by atoms with Crippen LogP contribution in [-0.2, 0) is 16.0 Å². The molecule has 4 rings (SSSR count). The zero-order valence-electron chi connectivity index (χ0n) is 24.7. The lowest BCUT2D eigenvalue weighted by molar-refractivity contribution is -0.134. The van der Waals surface area contributed by atoms with Crippen molar-refractivity contribution >= 4 is 11.8 Å². The van der Waals surface area contributed by atoms with Crippen molar-refractivity contribution in [2.75, 3.05) is 0 Å². The van der Waals surface area contributed by atoms with Crippen LogP contribution in [0.25, 0.3) is 0 Å². The minimum atomic E-state index is -0.102. The molecule has 0 aromatic heterocycles. The van der Waals surface area contributed by atoms with Crippen LogP contribution in [0.1, 0.15) is 140 Å². The average Bonchev–Trinajstić information content (AvgIpc) is 3.24. The molecule has 0 radical (unpaired) electrons. The molecule has 0 N–H and O–H groups in total. The molecular formula is C36H52O3. The Labute approximate surface area is 237 Å². The summed E-state index contributed by atoms with van der Waals surface area (Å²) in [6.45, 7) is 4.48. The topological polar surface area (TPSA) is 43.4 Å². The van der Waals surface area contributed by atoms with E-state index in [1.54, 1.807) is 0 Å². The highest BCUT2D eigenvalue weighted by molar-refractivity contribution is 5.87. The second-order valence-corrected chi connectivity index (χ2v) is 12.7. The Kier molecular flexibility index (Phi) is 11.5. The largest absolute Gasteiger partial charge is 0.427 e. The van der Waals surface area contributed by atoms with Gasteiger partial charge in [0.15, 0.2) is 0 Å². The number of aryl methyl sites for hydroxylation is 1. The van der Waals surface area contributed by atoms with Crippen LogP contribution >= 0.6 is 0 Å². The second-order valence-electron chi connectivity index (χ2n) is 12.7. The number of Topliss-reactive ketones (excluding diaryl/α,β-unsaturated/α-hetero) is 1. The number of hydrogen-bond acceptors (Lipinski definition) is 3. The van der Waals surface area contributed by atoms with Gasteiger partial charge >= 0.3 is 5.97 Å². The van der Waals surface area contributed by atoms with E-state index in [0.29, 0.717) is 35.7 Å².